The summed E-state index contributed by atoms with van der Waals surface area (Å²) in [5.41, 5.74) is 1.03. The van der Waals surface area contributed by atoms with Crippen LogP contribution in [0.5, 0.6) is 0 Å². The van der Waals surface area contributed by atoms with Crippen LogP contribution in [0.3, 0.4) is 0 Å². The molecular weight excluding hydrogens is 455 g/mol. The maximum absolute atomic E-state index is 11.2. The minimum Gasteiger partial charge on any atom is -0.382 e. The molecule has 4 N–H and O–H groups in total. The zero-order chi connectivity index (χ0) is 17.8. The first-order chi connectivity index (χ1) is 11.5. The van der Waals surface area contributed by atoms with Gasteiger partial charge in [0.05, 0.1) is 4.90 Å². The minimum atomic E-state index is -3.63. The van der Waals surface area contributed by atoms with Gasteiger partial charge in [0.2, 0.25) is 10.0 Å². The molecular formula is C16H29IN4O3S. The van der Waals surface area contributed by atoms with Crippen LogP contribution < -0.4 is 15.8 Å². The Bertz CT molecular complexity index is 606. The van der Waals surface area contributed by atoms with Gasteiger partial charge in [-0.2, -0.15) is 0 Å². The summed E-state index contributed by atoms with van der Waals surface area (Å²) in [6.45, 7) is 5.09. The second kappa shape index (κ2) is 13.3. The second-order valence-electron chi connectivity index (χ2n) is 5.27. The summed E-state index contributed by atoms with van der Waals surface area (Å²) in [5.74, 6) is 0.757. The number of nitrogens with zero attached hydrogens (tertiary/aromatic N) is 1. The summed E-state index contributed by atoms with van der Waals surface area (Å²) >= 11 is 0. The molecule has 1 aromatic carbocycles. The molecule has 0 aliphatic heterocycles. The molecule has 0 saturated heterocycles. The van der Waals surface area contributed by atoms with E-state index in [-0.39, 0.29) is 28.9 Å². The number of nitrogens with two attached hydrogens (primary N) is 1. The van der Waals surface area contributed by atoms with Crippen molar-refractivity contribution >= 4 is 40.0 Å². The summed E-state index contributed by atoms with van der Waals surface area (Å²) < 4.78 is 27.7. The smallest absolute Gasteiger partial charge is 0.238 e. The molecule has 0 heterocycles. The number of halogens is 1. The third-order valence-corrected chi connectivity index (χ3v) is 4.32. The fourth-order valence-corrected chi connectivity index (χ4v) is 2.59. The van der Waals surface area contributed by atoms with Crippen LogP contribution in [0.2, 0.25) is 0 Å². The first kappa shape index (κ1) is 24.1. The maximum Gasteiger partial charge on any atom is 0.238 e. The Kier molecular flexibility index (Phi) is 12.8. The van der Waals surface area contributed by atoms with Crippen molar-refractivity contribution in [2.45, 2.75) is 31.1 Å². The monoisotopic (exact) mass is 484 g/mol. The highest BCUT2D eigenvalue weighted by molar-refractivity contribution is 14.0. The third-order valence-electron chi connectivity index (χ3n) is 3.39. The van der Waals surface area contributed by atoms with Crippen molar-refractivity contribution in [1.82, 2.24) is 10.6 Å². The Hall–Kier alpha value is -0.910. The van der Waals surface area contributed by atoms with Crippen molar-refractivity contribution in [2.24, 2.45) is 10.1 Å². The Balaban J connectivity index is 0.00000576. The molecule has 0 saturated carbocycles. The lowest BCUT2D eigenvalue weighted by molar-refractivity contribution is 0.143. The molecule has 0 radical (unpaired) electrons. The molecule has 0 unspecified atom stereocenters. The molecule has 0 atom stereocenters. The lowest BCUT2D eigenvalue weighted by Crippen LogP contribution is -2.38. The van der Waals surface area contributed by atoms with Crippen molar-refractivity contribution < 1.29 is 13.2 Å². The van der Waals surface area contributed by atoms with E-state index in [4.69, 9.17) is 9.88 Å². The fraction of sp³-hybridized carbons (Fsp3) is 0.562. The maximum atomic E-state index is 11.2. The molecule has 0 aromatic heterocycles. The first-order valence-electron chi connectivity index (χ1n) is 8.11. The van der Waals surface area contributed by atoms with Crippen LogP contribution in [0.15, 0.2) is 34.2 Å². The molecule has 0 amide bonds. The Morgan fingerprint density at radius 1 is 1.16 bits per heavy atom. The molecule has 0 bridgehead atoms. The molecule has 7 nitrogen and oxygen atoms in total. The van der Waals surface area contributed by atoms with Gasteiger partial charge >= 0.3 is 0 Å². The number of hydrogen-bond donors (Lipinski definition) is 3. The van der Waals surface area contributed by atoms with Gasteiger partial charge in [0.25, 0.3) is 0 Å². The highest BCUT2D eigenvalue weighted by Gasteiger charge is 2.06. The number of unbranched alkanes of at least 4 members (excludes halogenated alkanes) is 1. The third kappa shape index (κ3) is 10.6. The van der Waals surface area contributed by atoms with E-state index < -0.39 is 10.0 Å². The van der Waals surface area contributed by atoms with Crippen LogP contribution in [0.1, 0.15) is 25.3 Å². The lowest BCUT2D eigenvalue weighted by Gasteiger charge is -2.12. The zero-order valence-corrected chi connectivity index (χ0v) is 18.0. The molecule has 9 heteroatoms. The highest BCUT2D eigenvalue weighted by atomic mass is 127. The number of aliphatic imine (C=N–C) groups is 1. The van der Waals surface area contributed by atoms with E-state index in [0.29, 0.717) is 6.54 Å². The molecule has 1 aromatic rings. The summed E-state index contributed by atoms with van der Waals surface area (Å²) in [5, 5.41) is 11.6. The number of rotatable bonds is 10. The predicted octanol–water partition coefficient (Wildman–Crippen LogP) is 1.48. The van der Waals surface area contributed by atoms with E-state index in [9.17, 15) is 8.42 Å². The van der Waals surface area contributed by atoms with E-state index in [1.807, 2.05) is 6.92 Å². The van der Waals surface area contributed by atoms with Gasteiger partial charge in [-0.1, -0.05) is 12.1 Å². The number of primary sulfonamides is 1. The van der Waals surface area contributed by atoms with E-state index in [1.165, 1.54) is 12.1 Å². The van der Waals surface area contributed by atoms with Crippen LogP contribution in [0, 0.1) is 0 Å². The predicted molar refractivity (Wildman–Crippen MR) is 112 cm³/mol. The molecule has 25 heavy (non-hydrogen) atoms. The molecule has 0 fully saturated rings. The fourth-order valence-electron chi connectivity index (χ4n) is 2.07. The Labute approximate surface area is 167 Å². The van der Waals surface area contributed by atoms with Crippen LogP contribution in [0.4, 0.5) is 0 Å². The van der Waals surface area contributed by atoms with Gasteiger partial charge in [0, 0.05) is 33.4 Å². The number of benzene rings is 1. The van der Waals surface area contributed by atoms with Gasteiger partial charge in [0.15, 0.2) is 5.96 Å². The quantitative estimate of drug-likeness (QED) is 0.202. The van der Waals surface area contributed by atoms with E-state index in [2.05, 4.69) is 15.6 Å². The van der Waals surface area contributed by atoms with Gasteiger partial charge in [-0.05, 0) is 43.9 Å². The van der Waals surface area contributed by atoms with Gasteiger partial charge in [-0.25, -0.2) is 13.6 Å². The van der Waals surface area contributed by atoms with E-state index in [1.54, 1.807) is 19.2 Å². The van der Waals surface area contributed by atoms with Crippen LogP contribution >= 0.6 is 24.0 Å². The van der Waals surface area contributed by atoms with Gasteiger partial charge < -0.3 is 15.4 Å². The molecule has 1 rings (SSSR count). The summed E-state index contributed by atoms with van der Waals surface area (Å²) in [4.78, 5) is 4.30. The van der Waals surface area contributed by atoms with Gasteiger partial charge in [0.1, 0.15) is 0 Å². The van der Waals surface area contributed by atoms with Crippen molar-refractivity contribution in [2.75, 3.05) is 33.4 Å². The van der Waals surface area contributed by atoms with Crippen molar-refractivity contribution in [3.8, 4) is 0 Å². The van der Waals surface area contributed by atoms with Crippen LogP contribution in [-0.4, -0.2) is 47.7 Å². The average molecular weight is 484 g/mol. The summed E-state index contributed by atoms with van der Waals surface area (Å²) in [7, 11) is -1.90. The van der Waals surface area contributed by atoms with Gasteiger partial charge in [-0.3, -0.25) is 4.99 Å². The van der Waals surface area contributed by atoms with Crippen molar-refractivity contribution in [3.05, 3.63) is 29.8 Å². The number of nitrogens with one attached hydrogen (secondary N) is 2. The Morgan fingerprint density at radius 3 is 2.36 bits per heavy atom. The molecule has 0 aliphatic carbocycles. The number of sulfonamides is 1. The van der Waals surface area contributed by atoms with E-state index in [0.717, 1.165) is 50.5 Å². The average Bonchev–Trinajstić information content (AvgIpc) is 2.56. The van der Waals surface area contributed by atoms with Crippen LogP contribution in [-0.2, 0) is 21.2 Å². The number of hydrogen-bond acceptors (Lipinski definition) is 4. The largest absolute Gasteiger partial charge is 0.382 e. The molecule has 0 spiro atoms. The standard InChI is InChI=1S/C16H28N4O3S.HI/c1-3-23-13-5-4-11-19-16(18-2)20-12-10-14-6-8-15(9-7-14)24(17,21)22;/h6-9H,3-5,10-13H2,1-2H3,(H2,17,21,22)(H2,18,19,20);1H. The minimum absolute atomic E-state index is 0. The summed E-state index contributed by atoms with van der Waals surface area (Å²) in [6, 6.07) is 6.59. The van der Waals surface area contributed by atoms with E-state index >= 15 is 0 Å². The SMILES string of the molecule is CCOCCCCNC(=NC)NCCc1ccc(S(N)(=O)=O)cc1.I. The zero-order valence-electron chi connectivity index (χ0n) is 14.8. The lowest BCUT2D eigenvalue weighted by atomic mass is 10.1. The highest BCUT2D eigenvalue weighted by Crippen LogP contribution is 2.08. The van der Waals surface area contributed by atoms with Crippen LogP contribution in [0.25, 0.3) is 0 Å². The number of guanidine groups is 1. The molecule has 144 valence electrons. The van der Waals surface area contributed by atoms with Crippen molar-refractivity contribution in [1.29, 1.82) is 0 Å². The summed E-state index contributed by atoms with van der Waals surface area (Å²) in [6.07, 6.45) is 2.81. The normalized spacial score (nSPS) is 11.7. The second-order valence-corrected chi connectivity index (χ2v) is 6.83. The molecule has 0 aliphatic rings. The topological polar surface area (TPSA) is 106 Å². The number of ether oxygens (including phenoxy) is 1. The Morgan fingerprint density at radius 2 is 1.80 bits per heavy atom. The first-order valence-corrected chi connectivity index (χ1v) is 9.66. The van der Waals surface area contributed by atoms with Gasteiger partial charge in [-0.15, -0.1) is 24.0 Å². The van der Waals surface area contributed by atoms with Crippen molar-refractivity contribution in [3.63, 3.8) is 0 Å².